The Labute approximate surface area is 165 Å². The van der Waals surface area contributed by atoms with Gasteiger partial charge in [0, 0.05) is 49.5 Å². The van der Waals surface area contributed by atoms with Crippen LogP contribution in [0.5, 0.6) is 11.8 Å². The molecule has 2 aliphatic rings. The molecule has 2 saturated heterocycles. The van der Waals surface area contributed by atoms with Crippen molar-refractivity contribution >= 4 is 5.91 Å². The Balaban J connectivity index is 1.39. The van der Waals surface area contributed by atoms with Crippen LogP contribution < -0.4 is 9.47 Å². The van der Waals surface area contributed by atoms with Crippen LogP contribution in [-0.2, 0) is 0 Å². The largest absolute Gasteiger partial charge is 0.477 e. The summed E-state index contributed by atoms with van der Waals surface area (Å²) in [6.07, 6.45) is 7.24. The number of carbonyl (C=O) groups excluding carboxylic acids is 1. The van der Waals surface area contributed by atoms with E-state index in [1.54, 1.807) is 18.5 Å². The average Bonchev–Trinajstić information content (AvgIpc) is 2.97. The maximum Gasteiger partial charge on any atom is 0.255 e. The summed E-state index contributed by atoms with van der Waals surface area (Å²) >= 11 is 0. The van der Waals surface area contributed by atoms with Crippen molar-refractivity contribution in [1.82, 2.24) is 14.9 Å². The first-order valence-corrected chi connectivity index (χ1v) is 10.1. The Kier molecular flexibility index (Phi) is 5.46. The second-order valence-corrected chi connectivity index (χ2v) is 8.07. The molecule has 1 amide bonds. The molecule has 0 aliphatic carbocycles. The average molecular weight is 381 g/mol. The van der Waals surface area contributed by atoms with Crippen LogP contribution in [0.4, 0.5) is 0 Å². The number of hydrogen-bond donors (Lipinski definition) is 0. The lowest BCUT2D eigenvalue weighted by molar-refractivity contribution is 0.0347. The lowest BCUT2D eigenvalue weighted by Gasteiger charge is -2.38. The summed E-state index contributed by atoms with van der Waals surface area (Å²) in [7, 11) is 0. The second kappa shape index (κ2) is 8.17. The minimum absolute atomic E-state index is 0.0618. The van der Waals surface area contributed by atoms with Crippen molar-refractivity contribution in [3.05, 3.63) is 48.3 Å². The van der Waals surface area contributed by atoms with Gasteiger partial charge < -0.3 is 14.4 Å². The fraction of sp³-hybridized carbons (Fsp3) is 0.500. The summed E-state index contributed by atoms with van der Waals surface area (Å²) in [4.78, 5) is 23.7. The number of fused-ring (bicyclic) bond motifs is 2. The molecule has 2 atom stereocenters. The number of rotatable bonds is 6. The first kappa shape index (κ1) is 18.7. The van der Waals surface area contributed by atoms with Crippen molar-refractivity contribution in [1.29, 1.82) is 0 Å². The van der Waals surface area contributed by atoms with E-state index in [-0.39, 0.29) is 24.1 Å². The number of hydrogen-bond acceptors (Lipinski definition) is 5. The zero-order chi connectivity index (χ0) is 19.5. The number of pyridine rings is 2. The molecule has 0 N–H and O–H groups in total. The molecular formula is C22H27N3O3. The highest BCUT2D eigenvalue weighted by Crippen LogP contribution is 2.38. The Morgan fingerprint density at radius 2 is 1.89 bits per heavy atom. The fourth-order valence-electron chi connectivity index (χ4n) is 4.14. The van der Waals surface area contributed by atoms with E-state index in [4.69, 9.17) is 9.47 Å². The number of aromatic nitrogens is 2. The van der Waals surface area contributed by atoms with Crippen LogP contribution in [0.2, 0.25) is 0 Å². The van der Waals surface area contributed by atoms with E-state index < -0.39 is 0 Å². The normalized spacial score (nSPS) is 23.7. The third-order valence-electron chi connectivity index (χ3n) is 5.40. The van der Waals surface area contributed by atoms with Gasteiger partial charge in [-0.1, -0.05) is 19.9 Å². The molecule has 6 nitrogen and oxygen atoms in total. The highest BCUT2D eigenvalue weighted by atomic mass is 16.5. The molecule has 2 aliphatic heterocycles. The lowest BCUT2D eigenvalue weighted by atomic mass is 9.98. The number of ether oxygens (including phenoxy) is 2. The summed E-state index contributed by atoms with van der Waals surface area (Å²) in [5, 5.41) is 0. The fourth-order valence-corrected chi connectivity index (χ4v) is 4.14. The van der Waals surface area contributed by atoms with Crippen LogP contribution >= 0.6 is 0 Å². The molecule has 2 unspecified atom stereocenters. The van der Waals surface area contributed by atoms with Gasteiger partial charge in [-0.3, -0.25) is 4.79 Å². The summed E-state index contributed by atoms with van der Waals surface area (Å²) in [5.41, 5.74) is 0.623. The van der Waals surface area contributed by atoms with Crippen LogP contribution in [-0.4, -0.2) is 45.6 Å². The molecule has 4 rings (SSSR count). The molecule has 0 saturated carbocycles. The Morgan fingerprint density at radius 1 is 1.11 bits per heavy atom. The zero-order valence-electron chi connectivity index (χ0n) is 16.5. The molecule has 2 bridgehead atoms. The maximum atomic E-state index is 13.1. The summed E-state index contributed by atoms with van der Waals surface area (Å²) in [6.45, 7) is 4.80. The van der Waals surface area contributed by atoms with E-state index in [1.165, 1.54) is 0 Å². The minimum Gasteiger partial charge on any atom is -0.477 e. The van der Waals surface area contributed by atoms with Crippen LogP contribution in [0.1, 0.15) is 49.9 Å². The monoisotopic (exact) mass is 381 g/mol. The first-order chi connectivity index (χ1) is 13.6. The number of piperidine rings is 1. The third kappa shape index (κ3) is 4.11. The summed E-state index contributed by atoms with van der Waals surface area (Å²) in [6, 6.07) is 9.74. The highest BCUT2D eigenvalue weighted by Gasteiger charge is 2.44. The Hall–Kier alpha value is -2.63. The van der Waals surface area contributed by atoms with Gasteiger partial charge in [0.25, 0.3) is 5.91 Å². The Bertz CT molecular complexity index is 780. The summed E-state index contributed by atoms with van der Waals surface area (Å²) in [5.74, 6) is 1.73. The van der Waals surface area contributed by atoms with E-state index in [1.807, 2.05) is 29.2 Å². The van der Waals surface area contributed by atoms with E-state index in [9.17, 15) is 4.79 Å². The second-order valence-electron chi connectivity index (χ2n) is 8.07. The summed E-state index contributed by atoms with van der Waals surface area (Å²) < 4.78 is 11.7. The molecule has 2 fully saturated rings. The van der Waals surface area contributed by atoms with Gasteiger partial charge in [0.2, 0.25) is 11.8 Å². The first-order valence-electron chi connectivity index (χ1n) is 10.1. The minimum atomic E-state index is 0.0618. The highest BCUT2D eigenvalue weighted by molar-refractivity contribution is 5.94. The molecule has 0 spiro atoms. The number of amides is 1. The van der Waals surface area contributed by atoms with Gasteiger partial charge in [-0.2, -0.15) is 0 Å². The Morgan fingerprint density at radius 3 is 2.50 bits per heavy atom. The van der Waals surface area contributed by atoms with E-state index >= 15 is 0 Å². The predicted molar refractivity (Wildman–Crippen MR) is 105 cm³/mol. The molecule has 0 aromatic carbocycles. The third-order valence-corrected chi connectivity index (χ3v) is 5.40. The molecule has 2 aromatic heterocycles. The van der Waals surface area contributed by atoms with Gasteiger partial charge >= 0.3 is 0 Å². The van der Waals surface area contributed by atoms with Crippen molar-refractivity contribution in [2.75, 3.05) is 6.61 Å². The predicted octanol–water partition coefficient (Wildman–Crippen LogP) is 3.73. The van der Waals surface area contributed by atoms with Crippen molar-refractivity contribution < 1.29 is 14.3 Å². The molecule has 28 heavy (non-hydrogen) atoms. The van der Waals surface area contributed by atoms with Crippen LogP contribution in [0.25, 0.3) is 0 Å². The quantitative estimate of drug-likeness (QED) is 0.763. The molecule has 4 heterocycles. The van der Waals surface area contributed by atoms with Gasteiger partial charge in [-0.25, -0.2) is 9.97 Å². The topological polar surface area (TPSA) is 64.5 Å². The molecular weight excluding hydrogens is 354 g/mol. The molecule has 0 radical (unpaired) electrons. The van der Waals surface area contributed by atoms with Gasteiger partial charge in [-0.15, -0.1) is 0 Å². The molecule has 6 heteroatoms. The van der Waals surface area contributed by atoms with Crippen LogP contribution in [0.3, 0.4) is 0 Å². The van der Waals surface area contributed by atoms with E-state index in [2.05, 4.69) is 23.8 Å². The molecule has 148 valence electrons. The van der Waals surface area contributed by atoms with Gasteiger partial charge in [-0.05, 0) is 30.9 Å². The van der Waals surface area contributed by atoms with Crippen molar-refractivity contribution in [2.45, 2.75) is 57.7 Å². The number of nitrogens with zero attached hydrogens (tertiary/aromatic N) is 3. The van der Waals surface area contributed by atoms with Gasteiger partial charge in [0.05, 0.1) is 12.2 Å². The van der Waals surface area contributed by atoms with Gasteiger partial charge in [0.1, 0.15) is 6.10 Å². The standard InChI is InChI=1S/C22H27N3O3/c1-15(2)14-27-20-9-6-16(13-24-20)22(26)25-17-7-8-18(25)12-19(11-17)28-21-5-3-4-10-23-21/h3-6,9-10,13,15,17-19H,7-8,11-12,14H2,1-2H3. The maximum absolute atomic E-state index is 13.1. The SMILES string of the molecule is CC(C)COc1ccc(C(=O)N2C3CCC2CC(Oc2ccccn2)C3)cn1. The molecule has 2 aromatic rings. The van der Waals surface area contributed by atoms with Crippen molar-refractivity contribution in [3.63, 3.8) is 0 Å². The van der Waals surface area contributed by atoms with Gasteiger partial charge in [0.15, 0.2) is 0 Å². The number of carbonyl (C=O) groups is 1. The van der Waals surface area contributed by atoms with Crippen LogP contribution in [0, 0.1) is 5.92 Å². The van der Waals surface area contributed by atoms with E-state index in [0.29, 0.717) is 29.8 Å². The zero-order valence-corrected chi connectivity index (χ0v) is 16.5. The van der Waals surface area contributed by atoms with Crippen molar-refractivity contribution in [2.24, 2.45) is 5.92 Å². The van der Waals surface area contributed by atoms with Crippen molar-refractivity contribution in [3.8, 4) is 11.8 Å². The smallest absolute Gasteiger partial charge is 0.255 e. The lowest BCUT2D eigenvalue weighted by Crippen LogP contribution is -2.49. The van der Waals surface area contributed by atoms with E-state index in [0.717, 1.165) is 25.7 Å². The van der Waals surface area contributed by atoms with Crippen LogP contribution in [0.15, 0.2) is 42.7 Å².